The minimum Gasteiger partial charge on any atom is -1.00 e. The van der Waals surface area contributed by atoms with Crippen molar-refractivity contribution >= 4 is 8.41 Å². The third kappa shape index (κ3) is 123. The zero-order chi connectivity index (χ0) is 2.00. The Morgan fingerprint density at radius 1 is 1.75 bits per heavy atom. The molecule has 0 saturated carbocycles. The SMILES string of the molecule is C#N.[B].[H-].[HH].[Li+]. The molecule has 0 aromatic rings. The van der Waals surface area contributed by atoms with Gasteiger partial charge in [-0.2, -0.15) is 0 Å². The van der Waals surface area contributed by atoms with Gasteiger partial charge in [-0.15, -0.1) is 0 Å². The molecule has 0 spiro atoms. The molecule has 0 aliphatic heterocycles. The smallest absolute Gasteiger partial charge is 1.00 e. The summed E-state index contributed by atoms with van der Waals surface area (Å²) < 4.78 is 0. The van der Waals surface area contributed by atoms with Crippen molar-refractivity contribution in [2.45, 2.75) is 0 Å². The molecular weight excluding hydrogens is 43.8 g/mol. The fourth-order valence-electron chi connectivity index (χ4n) is 0. The van der Waals surface area contributed by atoms with E-state index < -0.39 is 0 Å². The summed E-state index contributed by atoms with van der Waals surface area (Å²) in [5, 5.41) is 6.50. The molecule has 17 valence electrons. The average Bonchev–Trinajstić information content (AvgIpc) is 1.00. The van der Waals surface area contributed by atoms with Gasteiger partial charge in [0.15, 0.2) is 0 Å². The Bertz CT molecular complexity index is 18.3. The second-order valence-electron chi connectivity index (χ2n) is 0. The molecule has 0 heterocycles. The van der Waals surface area contributed by atoms with Crippen molar-refractivity contribution in [3.63, 3.8) is 0 Å². The third-order valence-electron chi connectivity index (χ3n) is 0. The van der Waals surface area contributed by atoms with Gasteiger partial charge < -0.3 is 1.43 Å². The van der Waals surface area contributed by atoms with E-state index in [-0.39, 0.29) is 30.1 Å². The molecule has 0 amide bonds. The molecule has 1 nitrogen and oxygen atoms in total. The minimum absolute atomic E-state index is 0. The fraction of sp³-hybridized carbons (Fsp3) is 0. The van der Waals surface area contributed by atoms with Crippen molar-refractivity contribution in [2.24, 2.45) is 0 Å². The van der Waals surface area contributed by atoms with Crippen molar-refractivity contribution in [3.8, 4) is 6.57 Å². The second kappa shape index (κ2) is 629. The molecule has 0 bridgehead atoms. The van der Waals surface area contributed by atoms with Gasteiger partial charge in [-0.05, 0) is 0 Å². The number of nitrogens with zero attached hydrogens (tertiary/aromatic N) is 1. The van der Waals surface area contributed by atoms with Crippen LogP contribution < -0.4 is 18.9 Å². The van der Waals surface area contributed by atoms with Crippen LogP contribution in [0.4, 0.5) is 0 Å². The molecule has 0 aliphatic rings. The predicted octanol–water partition coefficient (Wildman–Crippen LogP) is -2.88. The Kier molecular flexibility index (Phi) is 4890. The summed E-state index contributed by atoms with van der Waals surface area (Å²) in [7, 11) is 0. The van der Waals surface area contributed by atoms with Crippen LogP contribution in [0.2, 0.25) is 0 Å². The Hall–Kier alpha value is 0.152. The average molecular weight is 47.8 g/mol. The first-order chi connectivity index (χ1) is 1.00. The van der Waals surface area contributed by atoms with E-state index in [2.05, 4.69) is 6.57 Å². The third-order valence-corrected chi connectivity index (χ3v) is 0. The standard InChI is InChI=1S/CHN.B.Li.H2.H/c1-2;;;;/h1H;;;1H;/q;;+1;;-1. The molecule has 0 atom stereocenters. The van der Waals surface area contributed by atoms with Gasteiger partial charge in [-0.1, -0.05) is 0 Å². The molecule has 3 heteroatoms. The van der Waals surface area contributed by atoms with Crippen molar-refractivity contribution < 1.29 is 21.7 Å². The molecule has 0 aromatic heterocycles. The van der Waals surface area contributed by atoms with Crippen LogP contribution in [-0.4, -0.2) is 8.41 Å². The van der Waals surface area contributed by atoms with Crippen LogP contribution in [0, 0.1) is 11.8 Å². The Morgan fingerprint density at radius 2 is 1.75 bits per heavy atom. The van der Waals surface area contributed by atoms with Crippen LogP contribution in [0.25, 0.3) is 0 Å². The predicted molar refractivity (Wildman–Crippen MR) is 15.7 cm³/mol. The summed E-state index contributed by atoms with van der Waals surface area (Å²) in [5.74, 6) is 0. The van der Waals surface area contributed by atoms with E-state index in [0.29, 0.717) is 0 Å². The first kappa shape index (κ1) is 31.1. The molecule has 3 radical (unpaired) electrons. The summed E-state index contributed by atoms with van der Waals surface area (Å²) in [6.45, 7) is 3.50. The molecule has 0 aliphatic carbocycles. The molecular formula is CH4BLiN. The summed E-state index contributed by atoms with van der Waals surface area (Å²) in [6.07, 6.45) is 0. The summed E-state index contributed by atoms with van der Waals surface area (Å²) in [4.78, 5) is 0. The van der Waals surface area contributed by atoms with E-state index in [0.717, 1.165) is 0 Å². The number of hydrogen-bond acceptors (Lipinski definition) is 1. The summed E-state index contributed by atoms with van der Waals surface area (Å²) >= 11 is 0. The van der Waals surface area contributed by atoms with Gasteiger partial charge in [0.1, 0.15) is 0 Å². The van der Waals surface area contributed by atoms with Gasteiger partial charge in [-0.3, -0.25) is 0 Å². The number of nitriles is 1. The van der Waals surface area contributed by atoms with E-state index in [1.807, 2.05) is 0 Å². The minimum atomic E-state index is 0. The molecule has 4 heavy (non-hydrogen) atoms. The molecule has 0 rings (SSSR count). The van der Waals surface area contributed by atoms with Crippen molar-refractivity contribution in [1.82, 2.24) is 0 Å². The van der Waals surface area contributed by atoms with Crippen LogP contribution in [0.3, 0.4) is 0 Å². The maximum absolute atomic E-state index is 6.50. The van der Waals surface area contributed by atoms with Gasteiger partial charge in [-0.25, -0.2) is 5.26 Å². The normalized spacial score (nSPS) is 0.500. The van der Waals surface area contributed by atoms with Crippen LogP contribution in [0.5, 0.6) is 0 Å². The van der Waals surface area contributed by atoms with Crippen LogP contribution in [0.1, 0.15) is 2.85 Å². The Balaban J connectivity index is -0.000000000833. The van der Waals surface area contributed by atoms with Crippen molar-refractivity contribution in [1.29, 1.82) is 5.26 Å². The van der Waals surface area contributed by atoms with Gasteiger partial charge in [0.25, 0.3) is 0 Å². The zero-order valence-electron chi connectivity index (χ0n) is 3.60. The monoisotopic (exact) mass is 48.1 g/mol. The van der Waals surface area contributed by atoms with Crippen LogP contribution in [-0.2, 0) is 0 Å². The van der Waals surface area contributed by atoms with Gasteiger partial charge in [0.2, 0.25) is 0 Å². The van der Waals surface area contributed by atoms with Gasteiger partial charge >= 0.3 is 18.9 Å². The van der Waals surface area contributed by atoms with E-state index in [9.17, 15) is 0 Å². The quantitative estimate of drug-likeness (QED) is 0.270. The molecule has 0 fully saturated rings. The van der Waals surface area contributed by atoms with E-state index >= 15 is 0 Å². The fourth-order valence-corrected chi connectivity index (χ4v) is 0. The molecule has 0 unspecified atom stereocenters. The first-order valence-corrected chi connectivity index (χ1v) is 0.258. The van der Waals surface area contributed by atoms with E-state index in [1.54, 1.807) is 0 Å². The van der Waals surface area contributed by atoms with E-state index in [4.69, 9.17) is 5.26 Å². The summed E-state index contributed by atoms with van der Waals surface area (Å²) in [5.41, 5.74) is 0. The topological polar surface area (TPSA) is 23.8 Å². The van der Waals surface area contributed by atoms with Gasteiger partial charge in [0.05, 0.1) is 0 Å². The maximum atomic E-state index is 6.50. The van der Waals surface area contributed by atoms with Crippen molar-refractivity contribution in [2.75, 3.05) is 0 Å². The van der Waals surface area contributed by atoms with Crippen molar-refractivity contribution in [3.05, 3.63) is 0 Å². The first-order valence-electron chi connectivity index (χ1n) is 0.258. The second-order valence-corrected chi connectivity index (χ2v) is 0. The Morgan fingerprint density at radius 3 is 1.75 bits per heavy atom. The maximum Gasteiger partial charge on any atom is 1.00 e. The Labute approximate surface area is 42.7 Å². The van der Waals surface area contributed by atoms with E-state index in [1.165, 1.54) is 0 Å². The van der Waals surface area contributed by atoms with Gasteiger partial charge in [0, 0.05) is 16.4 Å². The van der Waals surface area contributed by atoms with Crippen LogP contribution >= 0.6 is 0 Å². The number of rotatable bonds is 0. The molecule has 0 saturated heterocycles. The number of hydrogen-bond donors (Lipinski definition) is 0. The zero-order valence-corrected chi connectivity index (χ0v) is 2.60. The van der Waals surface area contributed by atoms with Crippen LogP contribution in [0.15, 0.2) is 0 Å². The molecule has 0 aromatic carbocycles. The summed E-state index contributed by atoms with van der Waals surface area (Å²) in [6, 6.07) is 0. The molecule has 0 N–H and O–H groups in total. The largest absolute Gasteiger partial charge is 1.00 e.